The lowest BCUT2D eigenvalue weighted by atomic mass is 10.0. The number of pyridine rings is 2. The Balaban J connectivity index is 1.54. The molecule has 5 heteroatoms. The standard InChI is InChI=1S/C23H20N4O/c24-23-8-6-17(14-26-23)16-5-7-22-18(13-16)15-27(11-12-28-22)21-9-10-25-20-4-2-1-3-19(20)21/h1-10,13-14H,11-12,15H2,(H2,24,26). The molecule has 0 fully saturated rings. The van der Waals surface area contributed by atoms with Crippen molar-refractivity contribution in [1.82, 2.24) is 9.97 Å². The van der Waals surface area contributed by atoms with Gasteiger partial charge in [-0.1, -0.05) is 24.3 Å². The largest absolute Gasteiger partial charge is 0.491 e. The van der Waals surface area contributed by atoms with Crippen molar-refractivity contribution in [1.29, 1.82) is 0 Å². The van der Waals surface area contributed by atoms with E-state index in [9.17, 15) is 0 Å². The van der Waals surface area contributed by atoms with Gasteiger partial charge in [0.2, 0.25) is 0 Å². The molecule has 2 N–H and O–H groups in total. The zero-order chi connectivity index (χ0) is 18.9. The Morgan fingerprint density at radius 2 is 1.82 bits per heavy atom. The number of nitrogens with two attached hydrogens (primary N) is 1. The number of benzene rings is 2. The van der Waals surface area contributed by atoms with E-state index in [4.69, 9.17) is 10.5 Å². The number of hydrogen-bond acceptors (Lipinski definition) is 5. The van der Waals surface area contributed by atoms with Crippen molar-refractivity contribution in [3.8, 4) is 16.9 Å². The van der Waals surface area contributed by atoms with Crippen LogP contribution in [0.15, 0.2) is 73.1 Å². The lowest BCUT2D eigenvalue weighted by Crippen LogP contribution is -2.25. The summed E-state index contributed by atoms with van der Waals surface area (Å²) in [5, 5.41) is 1.16. The summed E-state index contributed by atoms with van der Waals surface area (Å²) >= 11 is 0. The van der Waals surface area contributed by atoms with E-state index in [0.29, 0.717) is 12.4 Å². The summed E-state index contributed by atoms with van der Waals surface area (Å²) in [5.41, 5.74) is 11.2. The van der Waals surface area contributed by atoms with Crippen LogP contribution in [-0.2, 0) is 6.54 Å². The number of aromatic nitrogens is 2. The lowest BCUT2D eigenvalue weighted by Gasteiger charge is -2.23. The van der Waals surface area contributed by atoms with Gasteiger partial charge in [-0.2, -0.15) is 0 Å². The van der Waals surface area contributed by atoms with Crippen molar-refractivity contribution in [3.63, 3.8) is 0 Å². The number of fused-ring (bicyclic) bond motifs is 2. The number of nitrogens with zero attached hydrogens (tertiary/aromatic N) is 3. The molecule has 3 heterocycles. The maximum atomic E-state index is 6.03. The molecule has 0 amide bonds. The Bertz CT molecular complexity index is 1140. The first-order valence-corrected chi connectivity index (χ1v) is 9.34. The fourth-order valence-corrected chi connectivity index (χ4v) is 3.71. The van der Waals surface area contributed by atoms with E-state index in [0.717, 1.165) is 46.4 Å². The van der Waals surface area contributed by atoms with Gasteiger partial charge in [-0.25, -0.2) is 4.98 Å². The van der Waals surface area contributed by atoms with Crippen LogP contribution in [0, 0.1) is 0 Å². The van der Waals surface area contributed by atoms with E-state index < -0.39 is 0 Å². The second-order valence-electron chi connectivity index (χ2n) is 6.91. The Kier molecular flexibility index (Phi) is 4.05. The fourth-order valence-electron chi connectivity index (χ4n) is 3.71. The first-order chi connectivity index (χ1) is 13.8. The van der Waals surface area contributed by atoms with Gasteiger partial charge in [0.15, 0.2) is 0 Å². The van der Waals surface area contributed by atoms with Crippen molar-refractivity contribution >= 4 is 22.4 Å². The zero-order valence-electron chi connectivity index (χ0n) is 15.4. The van der Waals surface area contributed by atoms with Crippen LogP contribution in [0.3, 0.4) is 0 Å². The molecule has 0 atom stereocenters. The first kappa shape index (κ1) is 16.6. The minimum absolute atomic E-state index is 0.526. The minimum Gasteiger partial charge on any atom is -0.491 e. The molecule has 0 unspecified atom stereocenters. The van der Waals surface area contributed by atoms with Crippen LogP contribution < -0.4 is 15.4 Å². The van der Waals surface area contributed by atoms with E-state index >= 15 is 0 Å². The van der Waals surface area contributed by atoms with Crippen molar-refractivity contribution in [2.75, 3.05) is 23.8 Å². The van der Waals surface area contributed by atoms with Crippen molar-refractivity contribution < 1.29 is 4.74 Å². The second-order valence-corrected chi connectivity index (χ2v) is 6.91. The molecule has 2 aromatic carbocycles. The Morgan fingerprint density at radius 1 is 0.929 bits per heavy atom. The molecule has 138 valence electrons. The molecule has 0 bridgehead atoms. The van der Waals surface area contributed by atoms with E-state index in [-0.39, 0.29) is 0 Å². The average Bonchev–Trinajstić information content (AvgIpc) is 2.95. The maximum absolute atomic E-state index is 6.03. The highest BCUT2D eigenvalue weighted by Gasteiger charge is 2.18. The summed E-state index contributed by atoms with van der Waals surface area (Å²) in [6, 6.07) is 20.5. The summed E-state index contributed by atoms with van der Waals surface area (Å²) in [4.78, 5) is 11.1. The number of hydrogen-bond donors (Lipinski definition) is 1. The van der Waals surface area contributed by atoms with E-state index in [1.165, 1.54) is 5.69 Å². The van der Waals surface area contributed by atoms with Gasteiger partial charge in [0.25, 0.3) is 0 Å². The summed E-state index contributed by atoms with van der Waals surface area (Å²) in [5.74, 6) is 1.46. The Morgan fingerprint density at radius 3 is 2.71 bits per heavy atom. The number of rotatable bonds is 2. The average molecular weight is 368 g/mol. The van der Waals surface area contributed by atoms with Gasteiger partial charge >= 0.3 is 0 Å². The van der Waals surface area contributed by atoms with Gasteiger partial charge in [0.1, 0.15) is 18.2 Å². The number of nitrogen functional groups attached to an aromatic ring is 1. The highest BCUT2D eigenvalue weighted by Crippen LogP contribution is 2.33. The van der Waals surface area contributed by atoms with Crippen LogP contribution in [0.5, 0.6) is 5.75 Å². The predicted molar refractivity (Wildman–Crippen MR) is 112 cm³/mol. The molecule has 1 aliphatic rings. The SMILES string of the molecule is Nc1ccc(-c2ccc3c(c2)CN(c2ccnc4ccccc24)CCO3)cn1. The summed E-state index contributed by atoms with van der Waals surface area (Å²) in [6.45, 7) is 2.24. The summed E-state index contributed by atoms with van der Waals surface area (Å²) < 4.78 is 6.03. The molecule has 5 rings (SSSR count). The highest BCUT2D eigenvalue weighted by molar-refractivity contribution is 5.91. The molecule has 0 spiro atoms. The molecule has 2 aromatic heterocycles. The number of para-hydroxylation sites is 1. The topological polar surface area (TPSA) is 64.3 Å². The van der Waals surface area contributed by atoms with Crippen molar-refractivity contribution in [3.05, 3.63) is 78.6 Å². The van der Waals surface area contributed by atoms with Gasteiger partial charge in [0, 0.05) is 41.1 Å². The molecule has 0 saturated heterocycles. The van der Waals surface area contributed by atoms with Crippen LogP contribution in [0.1, 0.15) is 5.56 Å². The summed E-state index contributed by atoms with van der Waals surface area (Å²) in [6.07, 6.45) is 3.68. The smallest absolute Gasteiger partial charge is 0.124 e. The van der Waals surface area contributed by atoms with Crippen LogP contribution in [0.4, 0.5) is 11.5 Å². The molecule has 1 aliphatic heterocycles. The predicted octanol–water partition coefficient (Wildman–Crippen LogP) is 4.28. The highest BCUT2D eigenvalue weighted by atomic mass is 16.5. The quantitative estimate of drug-likeness (QED) is 0.572. The van der Waals surface area contributed by atoms with E-state index in [1.807, 2.05) is 36.7 Å². The number of ether oxygens (including phenoxy) is 1. The molecule has 5 nitrogen and oxygen atoms in total. The van der Waals surface area contributed by atoms with Crippen LogP contribution >= 0.6 is 0 Å². The Hall–Kier alpha value is -3.60. The van der Waals surface area contributed by atoms with E-state index in [2.05, 4.69) is 51.3 Å². The normalized spacial score (nSPS) is 13.6. The third-order valence-corrected chi connectivity index (χ3v) is 5.13. The van der Waals surface area contributed by atoms with Gasteiger partial charge < -0.3 is 15.4 Å². The lowest BCUT2D eigenvalue weighted by molar-refractivity contribution is 0.332. The van der Waals surface area contributed by atoms with E-state index in [1.54, 1.807) is 0 Å². The van der Waals surface area contributed by atoms with Crippen molar-refractivity contribution in [2.24, 2.45) is 0 Å². The van der Waals surface area contributed by atoms with Gasteiger partial charge in [-0.15, -0.1) is 0 Å². The molecule has 0 radical (unpaired) electrons. The third-order valence-electron chi connectivity index (χ3n) is 5.13. The zero-order valence-corrected chi connectivity index (χ0v) is 15.4. The molecule has 28 heavy (non-hydrogen) atoms. The molecule has 0 aliphatic carbocycles. The monoisotopic (exact) mass is 368 g/mol. The third kappa shape index (κ3) is 3.01. The van der Waals surface area contributed by atoms with Crippen LogP contribution in [0.2, 0.25) is 0 Å². The molecular weight excluding hydrogens is 348 g/mol. The summed E-state index contributed by atoms with van der Waals surface area (Å²) in [7, 11) is 0. The van der Waals surface area contributed by atoms with Crippen molar-refractivity contribution in [2.45, 2.75) is 6.54 Å². The minimum atomic E-state index is 0.526. The number of anilines is 2. The first-order valence-electron chi connectivity index (χ1n) is 9.34. The van der Waals surface area contributed by atoms with Gasteiger partial charge in [-0.3, -0.25) is 4.98 Å². The van der Waals surface area contributed by atoms with Gasteiger partial charge in [0.05, 0.1) is 12.1 Å². The maximum Gasteiger partial charge on any atom is 0.124 e. The van der Waals surface area contributed by atoms with Crippen LogP contribution in [-0.4, -0.2) is 23.1 Å². The molecule has 4 aromatic rings. The van der Waals surface area contributed by atoms with Crippen LogP contribution in [0.25, 0.3) is 22.0 Å². The molecular formula is C23H20N4O. The second kappa shape index (κ2) is 6.85. The molecule has 0 saturated carbocycles. The Labute approximate surface area is 163 Å². The van der Waals surface area contributed by atoms with Gasteiger partial charge in [-0.05, 0) is 42.0 Å². The fraction of sp³-hybridized carbons (Fsp3) is 0.130.